The zero-order valence-corrected chi connectivity index (χ0v) is 13.0. The van der Waals surface area contributed by atoms with E-state index in [0.29, 0.717) is 0 Å². The Labute approximate surface area is 121 Å². The summed E-state index contributed by atoms with van der Waals surface area (Å²) in [7, 11) is 2.21. The van der Waals surface area contributed by atoms with E-state index in [0.717, 1.165) is 55.1 Å². The van der Waals surface area contributed by atoms with Crippen molar-refractivity contribution in [2.24, 2.45) is 0 Å². The molecular weight excluding hydrogens is 260 g/mol. The van der Waals surface area contributed by atoms with Gasteiger partial charge in [-0.25, -0.2) is 0 Å². The molecule has 0 aromatic carbocycles. The molecule has 5 heteroatoms. The fraction of sp³-hybridized carbons (Fsp3) is 0.786. The number of halogens is 1. The van der Waals surface area contributed by atoms with Crippen molar-refractivity contribution in [3.05, 3.63) is 16.4 Å². The predicted molar refractivity (Wildman–Crippen MR) is 79.6 cm³/mol. The summed E-state index contributed by atoms with van der Waals surface area (Å²) >= 11 is 6.38. The van der Waals surface area contributed by atoms with Crippen molar-refractivity contribution in [1.82, 2.24) is 20.0 Å². The lowest BCUT2D eigenvalue weighted by molar-refractivity contribution is 0.321. The molecule has 4 nitrogen and oxygen atoms in total. The molecule has 0 spiro atoms. The highest BCUT2D eigenvalue weighted by molar-refractivity contribution is 6.31. The molecule has 1 aromatic rings. The fourth-order valence-corrected chi connectivity index (χ4v) is 2.68. The topological polar surface area (TPSA) is 33.1 Å². The minimum absolute atomic E-state index is 0.804. The molecule has 1 N–H and O–H groups in total. The Morgan fingerprint density at radius 2 is 2.16 bits per heavy atom. The molecule has 1 saturated carbocycles. The van der Waals surface area contributed by atoms with Crippen molar-refractivity contribution in [1.29, 1.82) is 0 Å². The Kier molecular flexibility index (Phi) is 5.25. The standard InChI is InChI=1S/C14H25ClN4/c1-4-12-14(15)13(19(5-2)17-12)10-16-8-9-18(3)11-6-7-11/h11,16H,4-10H2,1-3H3. The summed E-state index contributed by atoms with van der Waals surface area (Å²) in [6.07, 6.45) is 3.62. The minimum atomic E-state index is 0.804. The van der Waals surface area contributed by atoms with E-state index >= 15 is 0 Å². The maximum Gasteiger partial charge on any atom is 0.0863 e. The summed E-state index contributed by atoms with van der Waals surface area (Å²) in [6, 6.07) is 0.832. The number of hydrogen-bond acceptors (Lipinski definition) is 3. The maximum absolute atomic E-state index is 6.38. The molecule has 19 heavy (non-hydrogen) atoms. The van der Waals surface area contributed by atoms with Gasteiger partial charge in [0.05, 0.1) is 16.4 Å². The van der Waals surface area contributed by atoms with E-state index in [9.17, 15) is 0 Å². The molecule has 108 valence electrons. The molecule has 0 saturated heterocycles. The first kappa shape index (κ1) is 14.8. The van der Waals surface area contributed by atoms with Crippen LogP contribution in [0, 0.1) is 0 Å². The Balaban J connectivity index is 1.82. The highest BCUT2D eigenvalue weighted by Crippen LogP contribution is 2.24. The van der Waals surface area contributed by atoms with Crippen molar-refractivity contribution in [2.75, 3.05) is 20.1 Å². The van der Waals surface area contributed by atoms with Crippen LogP contribution in [0.3, 0.4) is 0 Å². The van der Waals surface area contributed by atoms with Gasteiger partial charge in [-0.2, -0.15) is 5.10 Å². The second kappa shape index (κ2) is 6.73. The third-order valence-corrected chi connectivity index (χ3v) is 4.23. The Hall–Kier alpha value is -0.580. The van der Waals surface area contributed by atoms with Crippen LogP contribution in [-0.4, -0.2) is 40.9 Å². The largest absolute Gasteiger partial charge is 0.310 e. The molecule has 0 unspecified atom stereocenters. The summed E-state index contributed by atoms with van der Waals surface area (Å²) in [5.41, 5.74) is 2.13. The third-order valence-electron chi connectivity index (χ3n) is 3.80. The summed E-state index contributed by atoms with van der Waals surface area (Å²) < 4.78 is 2.01. The number of likely N-dealkylation sites (N-methyl/N-ethyl adjacent to an activating group) is 1. The normalized spacial score (nSPS) is 15.4. The van der Waals surface area contributed by atoms with E-state index < -0.39 is 0 Å². The number of aryl methyl sites for hydroxylation is 2. The van der Waals surface area contributed by atoms with Crippen molar-refractivity contribution < 1.29 is 0 Å². The van der Waals surface area contributed by atoms with Gasteiger partial charge in [0, 0.05) is 32.2 Å². The molecule has 0 bridgehead atoms. The third kappa shape index (κ3) is 3.71. The van der Waals surface area contributed by atoms with Crippen LogP contribution in [0.1, 0.15) is 38.1 Å². The van der Waals surface area contributed by atoms with Gasteiger partial charge >= 0.3 is 0 Å². The number of aromatic nitrogens is 2. The van der Waals surface area contributed by atoms with Crippen LogP contribution in [0.15, 0.2) is 0 Å². The van der Waals surface area contributed by atoms with Crippen LogP contribution in [0.2, 0.25) is 5.02 Å². The average Bonchev–Trinajstić information content (AvgIpc) is 3.21. The Morgan fingerprint density at radius 1 is 1.42 bits per heavy atom. The minimum Gasteiger partial charge on any atom is -0.310 e. The van der Waals surface area contributed by atoms with Crippen LogP contribution in [-0.2, 0) is 19.5 Å². The lowest BCUT2D eigenvalue weighted by Gasteiger charge is -2.16. The van der Waals surface area contributed by atoms with E-state index in [4.69, 9.17) is 11.6 Å². The van der Waals surface area contributed by atoms with E-state index in [2.05, 4.69) is 36.2 Å². The van der Waals surface area contributed by atoms with Crippen LogP contribution < -0.4 is 5.32 Å². The van der Waals surface area contributed by atoms with Gasteiger partial charge in [0.15, 0.2) is 0 Å². The molecule has 0 atom stereocenters. The molecule has 1 heterocycles. The van der Waals surface area contributed by atoms with Crippen molar-refractivity contribution >= 4 is 11.6 Å². The second-order valence-corrected chi connectivity index (χ2v) is 5.64. The molecule has 0 radical (unpaired) electrons. The van der Waals surface area contributed by atoms with Crippen LogP contribution in [0.25, 0.3) is 0 Å². The van der Waals surface area contributed by atoms with Gasteiger partial charge in [-0.1, -0.05) is 18.5 Å². The molecule has 1 aliphatic rings. The van der Waals surface area contributed by atoms with Crippen molar-refractivity contribution in [3.8, 4) is 0 Å². The zero-order chi connectivity index (χ0) is 13.8. The fourth-order valence-electron chi connectivity index (χ4n) is 2.35. The first-order valence-corrected chi connectivity index (χ1v) is 7.70. The number of rotatable bonds is 8. The van der Waals surface area contributed by atoms with Crippen LogP contribution in [0.5, 0.6) is 0 Å². The molecule has 1 aliphatic carbocycles. The summed E-state index contributed by atoms with van der Waals surface area (Å²) in [4.78, 5) is 2.43. The highest BCUT2D eigenvalue weighted by atomic mass is 35.5. The van der Waals surface area contributed by atoms with E-state index in [1.165, 1.54) is 12.8 Å². The quantitative estimate of drug-likeness (QED) is 0.744. The monoisotopic (exact) mass is 284 g/mol. The summed E-state index contributed by atoms with van der Waals surface area (Å²) in [6.45, 7) is 7.98. The van der Waals surface area contributed by atoms with Crippen LogP contribution in [0.4, 0.5) is 0 Å². The van der Waals surface area contributed by atoms with Crippen molar-refractivity contribution in [2.45, 2.75) is 52.2 Å². The van der Waals surface area contributed by atoms with E-state index in [-0.39, 0.29) is 0 Å². The smallest absolute Gasteiger partial charge is 0.0863 e. The first-order valence-electron chi connectivity index (χ1n) is 7.32. The van der Waals surface area contributed by atoms with Gasteiger partial charge in [0.2, 0.25) is 0 Å². The lowest BCUT2D eigenvalue weighted by Crippen LogP contribution is -2.30. The van der Waals surface area contributed by atoms with Gasteiger partial charge in [-0.3, -0.25) is 4.68 Å². The maximum atomic E-state index is 6.38. The number of nitrogens with one attached hydrogen (secondary N) is 1. The van der Waals surface area contributed by atoms with Crippen molar-refractivity contribution in [3.63, 3.8) is 0 Å². The first-order chi connectivity index (χ1) is 9.17. The number of hydrogen-bond donors (Lipinski definition) is 1. The molecule has 2 rings (SSSR count). The van der Waals surface area contributed by atoms with Gasteiger partial charge < -0.3 is 10.2 Å². The molecular formula is C14H25ClN4. The van der Waals surface area contributed by atoms with Gasteiger partial charge in [0.25, 0.3) is 0 Å². The van der Waals surface area contributed by atoms with Crippen LogP contribution >= 0.6 is 11.6 Å². The SMILES string of the molecule is CCc1nn(CC)c(CNCCN(C)C2CC2)c1Cl. The average molecular weight is 285 g/mol. The lowest BCUT2D eigenvalue weighted by atomic mass is 10.3. The molecule has 0 amide bonds. The Bertz CT molecular complexity index is 412. The summed E-state index contributed by atoms with van der Waals surface area (Å²) in [5.74, 6) is 0. The van der Waals surface area contributed by atoms with Gasteiger partial charge in [0.1, 0.15) is 0 Å². The van der Waals surface area contributed by atoms with Gasteiger partial charge in [-0.05, 0) is 33.2 Å². The molecule has 1 aromatic heterocycles. The Morgan fingerprint density at radius 3 is 2.74 bits per heavy atom. The zero-order valence-electron chi connectivity index (χ0n) is 12.2. The molecule has 1 fully saturated rings. The van der Waals surface area contributed by atoms with E-state index in [1.54, 1.807) is 0 Å². The highest BCUT2D eigenvalue weighted by Gasteiger charge is 2.25. The van der Waals surface area contributed by atoms with Gasteiger partial charge in [-0.15, -0.1) is 0 Å². The van der Waals surface area contributed by atoms with E-state index in [1.807, 2.05) is 4.68 Å². The summed E-state index contributed by atoms with van der Waals surface area (Å²) in [5, 5.41) is 8.85. The molecule has 0 aliphatic heterocycles. The predicted octanol–water partition coefficient (Wildman–Crippen LogP) is 2.30. The number of nitrogens with zero attached hydrogens (tertiary/aromatic N) is 3. The second-order valence-electron chi connectivity index (χ2n) is 5.27.